The summed E-state index contributed by atoms with van der Waals surface area (Å²) in [6, 6.07) is 5.04. The minimum Gasteiger partial charge on any atom is -0.368 e. The van der Waals surface area contributed by atoms with Gasteiger partial charge in [-0.2, -0.15) is 5.10 Å². The molecule has 0 radical (unpaired) electrons. The summed E-state index contributed by atoms with van der Waals surface area (Å²) in [5, 5.41) is 5.60. The first-order valence-corrected chi connectivity index (χ1v) is 4.31. The number of amides is 1. The summed E-state index contributed by atoms with van der Waals surface area (Å²) < 4.78 is 0. The lowest BCUT2D eigenvalue weighted by atomic mass is 10.2. The van der Waals surface area contributed by atoms with Gasteiger partial charge in [0.05, 0.1) is 0 Å². The molecule has 0 aromatic carbocycles. The Bertz CT molecular complexity index is 362. The molecule has 2 N–H and O–H groups in total. The van der Waals surface area contributed by atoms with Gasteiger partial charge < -0.3 is 5.73 Å². The van der Waals surface area contributed by atoms with Crippen LogP contribution in [-0.2, 0) is 4.79 Å². The molecule has 1 atom stereocenters. The Morgan fingerprint density at radius 3 is 3.07 bits per heavy atom. The zero-order chi connectivity index (χ0) is 9.97. The third-order valence-corrected chi connectivity index (χ3v) is 2.04. The molecule has 1 aliphatic heterocycles. The van der Waals surface area contributed by atoms with Gasteiger partial charge in [-0.1, -0.05) is 6.07 Å². The Labute approximate surface area is 81.2 Å². The summed E-state index contributed by atoms with van der Waals surface area (Å²) in [7, 11) is 0. The maximum absolute atomic E-state index is 11.1. The molecule has 0 fully saturated rings. The summed E-state index contributed by atoms with van der Waals surface area (Å²) in [5.74, 6) is 0.262. The quantitative estimate of drug-likeness (QED) is 0.720. The molecule has 5 nitrogen and oxygen atoms in total. The van der Waals surface area contributed by atoms with E-state index in [2.05, 4.69) is 10.1 Å². The second-order valence-electron chi connectivity index (χ2n) is 2.98. The highest BCUT2D eigenvalue weighted by Crippen LogP contribution is 2.18. The van der Waals surface area contributed by atoms with E-state index >= 15 is 0 Å². The molecule has 0 saturated heterocycles. The van der Waals surface area contributed by atoms with Gasteiger partial charge in [0.1, 0.15) is 11.9 Å². The van der Waals surface area contributed by atoms with Crippen LogP contribution in [0.15, 0.2) is 29.5 Å². The van der Waals surface area contributed by atoms with Crippen LogP contribution in [0.3, 0.4) is 0 Å². The molecule has 14 heavy (non-hydrogen) atoms. The number of nitrogens with zero attached hydrogens (tertiary/aromatic N) is 3. The summed E-state index contributed by atoms with van der Waals surface area (Å²) in [6.45, 7) is 0. The number of aromatic nitrogens is 1. The van der Waals surface area contributed by atoms with Crippen LogP contribution in [-0.4, -0.2) is 23.1 Å². The van der Waals surface area contributed by atoms with E-state index in [9.17, 15) is 4.79 Å². The zero-order valence-electron chi connectivity index (χ0n) is 7.50. The van der Waals surface area contributed by atoms with Gasteiger partial charge in [0.25, 0.3) is 0 Å². The van der Waals surface area contributed by atoms with Crippen molar-refractivity contribution in [1.82, 2.24) is 4.98 Å². The number of hydrazone groups is 1. The lowest BCUT2D eigenvalue weighted by Crippen LogP contribution is -2.39. The van der Waals surface area contributed by atoms with Crippen molar-refractivity contribution in [3.05, 3.63) is 24.4 Å². The molecule has 2 heterocycles. The standard InChI is InChI=1S/C9H10N4O/c10-9(14)7-4-6-12-13(7)8-3-1-2-5-11-8/h1-3,5-7H,4H2,(H2,10,14). The molecule has 1 unspecified atom stereocenters. The van der Waals surface area contributed by atoms with E-state index < -0.39 is 6.04 Å². The van der Waals surface area contributed by atoms with Gasteiger partial charge in [0.15, 0.2) is 0 Å². The van der Waals surface area contributed by atoms with Crippen molar-refractivity contribution in [2.45, 2.75) is 12.5 Å². The third kappa shape index (κ3) is 1.44. The van der Waals surface area contributed by atoms with Crippen LogP contribution < -0.4 is 10.7 Å². The summed E-state index contributed by atoms with van der Waals surface area (Å²) in [4.78, 5) is 15.2. The molecular weight excluding hydrogens is 180 g/mol. The Morgan fingerprint density at radius 1 is 1.57 bits per heavy atom. The van der Waals surface area contributed by atoms with Gasteiger partial charge in [0, 0.05) is 18.8 Å². The van der Waals surface area contributed by atoms with Crippen molar-refractivity contribution in [2.75, 3.05) is 5.01 Å². The lowest BCUT2D eigenvalue weighted by Gasteiger charge is -2.19. The molecule has 5 heteroatoms. The maximum atomic E-state index is 11.1. The predicted molar refractivity (Wildman–Crippen MR) is 52.8 cm³/mol. The average molecular weight is 190 g/mol. The fourth-order valence-corrected chi connectivity index (χ4v) is 1.36. The topological polar surface area (TPSA) is 71.6 Å². The van der Waals surface area contributed by atoms with Crippen LogP contribution in [0.4, 0.5) is 5.82 Å². The molecule has 1 amide bonds. The summed E-state index contributed by atoms with van der Waals surface area (Å²) >= 11 is 0. The largest absolute Gasteiger partial charge is 0.368 e. The molecule has 0 saturated carbocycles. The number of anilines is 1. The number of carbonyl (C=O) groups excluding carboxylic acids is 1. The molecule has 0 bridgehead atoms. The van der Waals surface area contributed by atoms with Crippen LogP contribution >= 0.6 is 0 Å². The highest BCUT2D eigenvalue weighted by Gasteiger charge is 2.27. The minimum atomic E-state index is -0.398. The number of pyridine rings is 1. The minimum absolute atomic E-state index is 0.381. The molecule has 1 aromatic heterocycles. The van der Waals surface area contributed by atoms with Crippen molar-refractivity contribution in [3.63, 3.8) is 0 Å². The second-order valence-corrected chi connectivity index (χ2v) is 2.98. The number of rotatable bonds is 2. The fraction of sp³-hybridized carbons (Fsp3) is 0.222. The molecule has 0 aliphatic carbocycles. The van der Waals surface area contributed by atoms with Crippen LogP contribution in [0.5, 0.6) is 0 Å². The Hall–Kier alpha value is -1.91. The monoisotopic (exact) mass is 190 g/mol. The highest BCUT2D eigenvalue weighted by atomic mass is 16.1. The van der Waals surface area contributed by atoms with E-state index in [4.69, 9.17) is 5.73 Å². The molecule has 0 spiro atoms. The van der Waals surface area contributed by atoms with Gasteiger partial charge in [-0.3, -0.25) is 4.79 Å². The normalized spacial score (nSPS) is 20.0. The van der Waals surface area contributed by atoms with Crippen molar-refractivity contribution < 1.29 is 4.79 Å². The van der Waals surface area contributed by atoms with Crippen molar-refractivity contribution in [3.8, 4) is 0 Å². The van der Waals surface area contributed by atoms with Gasteiger partial charge in [-0.25, -0.2) is 9.99 Å². The van der Waals surface area contributed by atoms with E-state index in [1.807, 2.05) is 12.1 Å². The van der Waals surface area contributed by atoms with Crippen LogP contribution in [0, 0.1) is 0 Å². The molecule has 2 rings (SSSR count). The molecule has 72 valence electrons. The Balaban J connectivity index is 2.26. The van der Waals surface area contributed by atoms with Gasteiger partial charge in [0.2, 0.25) is 5.91 Å². The number of nitrogens with two attached hydrogens (primary N) is 1. The van der Waals surface area contributed by atoms with E-state index in [1.54, 1.807) is 23.5 Å². The van der Waals surface area contributed by atoms with Crippen LogP contribution in [0.25, 0.3) is 0 Å². The molecule has 1 aromatic rings. The first-order valence-electron chi connectivity index (χ1n) is 4.31. The van der Waals surface area contributed by atoms with E-state index in [0.717, 1.165) is 0 Å². The third-order valence-electron chi connectivity index (χ3n) is 2.04. The maximum Gasteiger partial charge on any atom is 0.242 e. The average Bonchev–Trinajstić information content (AvgIpc) is 2.67. The van der Waals surface area contributed by atoms with Gasteiger partial charge in [-0.05, 0) is 12.1 Å². The number of hydrogen-bond donors (Lipinski definition) is 1. The lowest BCUT2D eigenvalue weighted by molar-refractivity contribution is -0.119. The fourth-order valence-electron chi connectivity index (χ4n) is 1.36. The first kappa shape index (κ1) is 8.68. The van der Waals surface area contributed by atoms with Gasteiger partial charge in [-0.15, -0.1) is 0 Å². The Kier molecular flexibility index (Phi) is 2.14. The molecule has 1 aliphatic rings. The summed E-state index contributed by atoms with van der Waals surface area (Å²) in [6.07, 6.45) is 3.87. The van der Waals surface area contributed by atoms with Gasteiger partial charge >= 0.3 is 0 Å². The van der Waals surface area contributed by atoms with Crippen LogP contribution in [0.1, 0.15) is 6.42 Å². The van der Waals surface area contributed by atoms with Crippen molar-refractivity contribution >= 4 is 17.9 Å². The van der Waals surface area contributed by atoms with E-state index in [0.29, 0.717) is 12.2 Å². The van der Waals surface area contributed by atoms with Crippen LogP contribution in [0.2, 0.25) is 0 Å². The van der Waals surface area contributed by atoms with Crippen molar-refractivity contribution in [2.24, 2.45) is 10.8 Å². The van der Waals surface area contributed by atoms with Crippen molar-refractivity contribution in [1.29, 1.82) is 0 Å². The van der Waals surface area contributed by atoms with E-state index in [-0.39, 0.29) is 5.91 Å². The highest BCUT2D eigenvalue weighted by molar-refractivity contribution is 5.88. The second kappa shape index (κ2) is 3.45. The SMILES string of the molecule is NC(=O)C1CC=NN1c1ccccn1. The smallest absolute Gasteiger partial charge is 0.242 e. The number of primary amides is 1. The Morgan fingerprint density at radius 2 is 2.43 bits per heavy atom. The number of hydrogen-bond acceptors (Lipinski definition) is 4. The summed E-state index contributed by atoms with van der Waals surface area (Å²) in [5.41, 5.74) is 5.24. The molecular formula is C9H10N4O. The zero-order valence-corrected chi connectivity index (χ0v) is 7.50. The van der Waals surface area contributed by atoms with E-state index in [1.165, 1.54) is 0 Å². The first-order chi connectivity index (χ1) is 6.79. The predicted octanol–water partition coefficient (Wildman–Crippen LogP) is 0.131. The number of carbonyl (C=O) groups is 1.